The zero-order valence-electron chi connectivity index (χ0n) is 10.5. The van der Waals surface area contributed by atoms with Gasteiger partial charge in [0.2, 0.25) is 0 Å². The Kier molecular flexibility index (Phi) is 2.95. The largest absolute Gasteiger partial charge is 0.361 e. The number of aromatic amines is 1. The monoisotopic (exact) mass is 270 g/mol. The summed E-state index contributed by atoms with van der Waals surface area (Å²) in [6.07, 6.45) is 2.43. The number of nitrogens with zero attached hydrogens (tertiary/aromatic N) is 1. The van der Waals surface area contributed by atoms with Gasteiger partial charge in [0.1, 0.15) is 5.82 Å². The number of fused-ring (bicyclic) bond motifs is 1. The summed E-state index contributed by atoms with van der Waals surface area (Å²) >= 11 is 0. The van der Waals surface area contributed by atoms with E-state index in [1.54, 1.807) is 24.3 Å². The van der Waals surface area contributed by atoms with E-state index in [0.29, 0.717) is 6.42 Å². The van der Waals surface area contributed by atoms with Gasteiger partial charge in [-0.2, -0.15) is 0 Å². The summed E-state index contributed by atoms with van der Waals surface area (Å²) in [5.41, 5.74) is 2.83. The molecule has 0 aliphatic carbocycles. The number of aromatic nitrogens is 1. The van der Waals surface area contributed by atoms with Gasteiger partial charge in [0.25, 0.3) is 5.69 Å². The van der Waals surface area contributed by atoms with Gasteiger partial charge in [0, 0.05) is 29.2 Å². The zero-order chi connectivity index (χ0) is 14.1. The molecule has 0 amide bonds. The Balaban J connectivity index is 2.00. The highest BCUT2D eigenvalue weighted by Crippen LogP contribution is 2.25. The molecule has 0 radical (unpaired) electrons. The van der Waals surface area contributed by atoms with Crippen LogP contribution in [-0.2, 0) is 6.42 Å². The molecule has 3 rings (SSSR count). The molecule has 0 atom stereocenters. The lowest BCUT2D eigenvalue weighted by Crippen LogP contribution is -1.89. The first kappa shape index (κ1) is 12.3. The van der Waals surface area contributed by atoms with E-state index in [2.05, 4.69) is 4.98 Å². The molecule has 1 aromatic heterocycles. The highest BCUT2D eigenvalue weighted by Gasteiger charge is 2.10. The van der Waals surface area contributed by atoms with Gasteiger partial charge in [0.15, 0.2) is 0 Å². The summed E-state index contributed by atoms with van der Waals surface area (Å²) in [5.74, 6) is -0.275. The Morgan fingerprint density at radius 1 is 1.15 bits per heavy atom. The van der Waals surface area contributed by atoms with Crippen molar-refractivity contribution in [1.82, 2.24) is 4.98 Å². The lowest BCUT2D eigenvalue weighted by Gasteiger charge is -2.00. The van der Waals surface area contributed by atoms with Gasteiger partial charge >= 0.3 is 0 Å². The maximum atomic E-state index is 12.9. The predicted molar refractivity (Wildman–Crippen MR) is 74.2 cm³/mol. The summed E-state index contributed by atoms with van der Waals surface area (Å²) in [5, 5.41) is 11.6. The summed E-state index contributed by atoms with van der Waals surface area (Å²) in [6.45, 7) is 0. The van der Waals surface area contributed by atoms with Gasteiger partial charge < -0.3 is 4.98 Å². The van der Waals surface area contributed by atoms with E-state index in [1.807, 2.05) is 6.20 Å². The Hall–Kier alpha value is -2.69. The molecule has 20 heavy (non-hydrogen) atoms. The fraction of sp³-hybridized carbons (Fsp3) is 0.0667. The number of nitro groups is 1. The molecule has 4 nitrogen and oxygen atoms in total. The van der Waals surface area contributed by atoms with Crippen LogP contribution in [0.15, 0.2) is 48.7 Å². The molecule has 1 heterocycles. The average molecular weight is 270 g/mol. The first-order chi connectivity index (χ1) is 9.63. The third-order valence-electron chi connectivity index (χ3n) is 3.27. The molecule has 0 aliphatic heterocycles. The zero-order valence-corrected chi connectivity index (χ0v) is 10.5. The molecule has 0 saturated carbocycles. The minimum Gasteiger partial charge on any atom is -0.361 e. The number of halogens is 1. The third kappa shape index (κ3) is 2.25. The van der Waals surface area contributed by atoms with Crippen LogP contribution < -0.4 is 0 Å². The molecule has 0 spiro atoms. The lowest BCUT2D eigenvalue weighted by molar-refractivity contribution is -0.384. The van der Waals surface area contributed by atoms with Crippen LogP contribution in [0.3, 0.4) is 0 Å². The van der Waals surface area contributed by atoms with Crippen molar-refractivity contribution in [2.24, 2.45) is 0 Å². The van der Waals surface area contributed by atoms with Crippen molar-refractivity contribution in [2.45, 2.75) is 6.42 Å². The van der Waals surface area contributed by atoms with Crippen molar-refractivity contribution < 1.29 is 9.31 Å². The molecule has 0 saturated heterocycles. The van der Waals surface area contributed by atoms with Crippen LogP contribution in [0, 0.1) is 15.9 Å². The first-order valence-corrected chi connectivity index (χ1v) is 6.12. The quantitative estimate of drug-likeness (QED) is 0.581. The number of hydrogen-bond donors (Lipinski definition) is 1. The highest BCUT2D eigenvalue weighted by atomic mass is 19.1. The second-order valence-corrected chi connectivity index (χ2v) is 4.60. The van der Waals surface area contributed by atoms with Gasteiger partial charge in [-0.1, -0.05) is 12.1 Å². The van der Waals surface area contributed by atoms with Gasteiger partial charge in [0.05, 0.1) is 4.92 Å². The van der Waals surface area contributed by atoms with Gasteiger partial charge in [-0.25, -0.2) is 4.39 Å². The van der Waals surface area contributed by atoms with Crippen molar-refractivity contribution in [3.63, 3.8) is 0 Å². The van der Waals surface area contributed by atoms with Gasteiger partial charge in [-0.15, -0.1) is 0 Å². The Morgan fingerprint density at radius 3 is 2.60 bits per heavy atom. The highest BCUT2D eigenvalue weighted by molar-refractivity contribution is 5.85. The number of nitrogens with one attached hydrogen (secondary N) is 1. The topological polar surface area (TPSA) is 58.9 Å². The third-order valence-corrected chi connectivity index (χ3v) is 3.27. The Morgan fingerprint density at radius 2 is 1.90 bits per heavy atom. The van der Waals surface area contributed by atoms with Crippen LogP contribution in [-0.4, -0.2) is 9.91 Å². The van der Waals surface area contributed by atoms with Crippen molar-refractivity contribution in [3.05, 3.63) is 75.7 Å². The van der Waals surface area contributed by atoms with Crippen molar-refractivity contribution in [1.29, 1.82) is 0 Å². The Bertz CT molecular complexity index is 778. The standard InChI is InChI=1S/C15H11FN2O2/c16-12-3-1-10(2-4-12)7-11-9-17-15-6-5-13(18(19)20)8-14(11)15/h1-6,8-9,17H,7H2. The van der Waals surface area contributed by atoms with Crippen molar-refractivity contribution in [2.75, 3.05) is 0 Å². The number of non-ortho nitro benzene ring substituents is 1. The molecule has 0 unspecified atom stereocenters. The fourth-order valence-electron chi connectivity index (χ4n) is 2.25. The van der Waals surface area contributed by atoms with E-state index in [1.165, 1.54) is 18.2 Å². The number of hydrogen-bond acceptors (Lipinski definition) is 2. The first-order valence-electron chi connectivity index (χ1n) is 6.12. The van der Waals surface area contributed by atoms with Crippen LogP contribution >= 0.6 is 0 Å². The fourth-order valence-corrected chi connectivity index (χ4v) is 2.25. The molecule has 100 valence electrons. The maximum absolute atomic E-state index is 12.9. The molecule has 3 aromatic rings. The molecule has 0 fully saturated rings. The molecule has 2 aromatic carbocycles. The summed E-state index contributed by atoms with van der Waals surface area (Å²) in [7, 11) is 0. The van der Waals surface area contributed by atoms with Crippen LogP contribution in [0.4, 0.5) is 10.1 Å². The molecule has 5 heteroatoms. The Labute approximate surface area is 114 Å². The molecule has 0 bridgehead atoms. The van der Waals surface area contributed by atoms with Gasteiger partial charge in [-0.05, 0) is 35.7 Å². The number of H-pyrrole nitrogens is 1. The molecular formula is C15H11FN2O2. The lowest BCUT2D eigenvalue weighted by atomic mass is 10.0. The average Bonchev–Trinajstić information content (AvgIpc) is 2.84. The number of benzene rings is 2. The summed E-state index contributed by atoms with van der Waals surface area (Å²) < 4.78 is 12.9. The van der Waals surface area contributed by atoms with E-state index in [9.17, 15) is 14.5 Å². The minimum atomic E-state index is -0.409. The summed E-state index contributed by atoms with van der Waals surface area (Å²) in [6, 6.07) is 11.0. The van der Waals surface area contributed by atoms with Crippen LogP contribution in [0.2, 0.25) is 0 Å². The van der Waals surface area contributed by atoms with Crippen LogP contribution in [0.5, 0.6) is 0 Å². The van der Waals surface area contributed by atoms with Crippen LogP contribution in [0.1, 0.15) is 11.1 Å². The molecule has 1 N–H and O–H groups in total. The minimum absolute atomic E-state index is 0.0671. The van der Waals surface area contributed by atoms with Crippen molar-refractivity contribution in [3.8, 4) is 0 Å². The number of nitro benzene ring substituents is 1. The van der Waals surface area contributed by atoms with E-state index < -0.39 is 4.92 Å². The normalized spacial score (nSPS) is 10.8. The molecule has 0 aliphatic rings. The molecular weight excluding hydrogens is 259 g/mol. The van der Waals surface area contributed by atoms with Crippen LogP contribution in [0.25, 0.3) is 10.9 Å². The van der Waals surface area contributed by atoms with Gasteiger partial charge in [-0.3, -0.25) is 10.1 Å². The van der Waals surface area contributed by atoms with E-state index in [4.69, 9.17) is 0 Å². The summed E-state index contributed by atoms with van der Waals surface area (Å²) in [4.78, 5) is 13.5. The van der Waals surface area contributed by atoms with E-state index in [0.717, 1.165) is 22.0 Å². The second-order valence-electron chi connectivity index (χ2n) is 4.60. The van der Waals surface area contributed by atoms with E-state index in [-0.39, 0.29) is 11.5 Å². The van der Waals surface area contributed by atoms with Crippen molar-refractivity contribution >= 4 is 16.6 Å². The second kappa shape index (κ2) is 4.77. The SMILES string of the molecule is O=[N+]([O-])c1ccc2[nH]cc(Cc3ccc(F)cc3)c2c1. The maximum Gasteiger partial charge on any atom is 0.270 e. The predicted octanol–water partition coefficient (Wildman–Crippen LogP) is 3.81. The van der Waals surface area contributed by atoms with E-state index >= 15 is 0 Å². The smallest absolute Gasteiger partial charge is 0.270 e. The number of rotatable bonds is 3.